The van der Waals surface area contributed by atoms with Crippen molar-refractivity contribution in [2.45, 2.75) is 12.5 Å². The number of nitrogens with one attached hydrogen (secondary N) is 3. The standard InChI is InChI=1S/C23H23ClN4O3/c1-25-15-19(14-21(29)26-18-9-7-17(24)8-10-18)27-23(31)16-5-11-20(12-6-16)28-13-3-2-4-22(28)30/h2-13,19,25H,14-15H2,1H3,(H,26,29)(H,27,31). The van der Waals surface area contributed by atoms with E-state index in [1.54, 1.807) is 73.9 Å². The molecule has 2 amide bonds. The van der Waals surface area contributed by atoms with Crippen molar-refractivity contribution in [1.29, 1.82) is 0 Å². The van der Waals surface area contributed by atoms with Crippen LogP contribution in [0.25, 0.3) is 5.69 Å². The molecule has 160 valence electrons. The van der Waals surface area contributed by atoms with Gasteiger partial charge in [0.15, 0.2) is 0 Å². The second kappa shape index (κ2) is 10.6. The topological polar surface area (TPSA) is 92.2 Å². The van der Waals surface area contributed by atoms with E-state index in [4.69, 9.17) is 11.6 Å². The van der Waals surface area contributed by atoms with Crippen molar-refractivity contribution < 1.29 is 9.59 Å². The van der Waals surface area contributed by atoms with Crippen molar-refractivity contribution in [2.24, 2.45) is 0 Å². The summed E-state index contributed by atoms with van der Waals surface area (Å²) in [4.78, 5) is 37.0. The molecule has 0 spiro atoms. The van der Waals surface area contributed by atoms with Crippen LogP contribution in [0.2, 0.25) is 5.02 Å². The summed E-state index contributed by atoms with van der Waals surface area (Å²) in [6.07, 6.45) is 1.77. The van der Waals surface area contributed by atoms with E-state index in [0.717, 1.165) is 0 Å². The molecule has 0 aliphatic heterocycles. The zero-order valence-electron chi connectivity index (χ0n) is 17.0. The summed E-state index contributed by atoms with van der Waals surface area (Å²) in [5, 5.41) is 9.24. The lowest BCUT2D eigenvalue weighted by Gasteiger charge is -2.18. The van der Waals surface area contributed by atoms with Gasteiger partial charge in [0.25, 0.3) is 11.5 Å². The Morgan fingerprint density at radius 2 is 1.71 bits per heavy atom. The monoisotopic (exact) mass is 438 g/mol. The Bertz CT molecular complexity index is 1090. The minimum Gasteiger partial charge on any atom is -0.348 e. The number of pyridine rings is 1. The SMILES string of the molecule is CNCC(CC(=O)Nc1ccc(Cl)cc1)NC(=O)c1ccc(-n2ccccc2=O)cc1. The van der Waals surface area contributed by atoms with E-state index in [-0.39, 0.29) is 23.8 Å². The van der Waals surface area contributed by atoms with Crippen LogP contribution in [0.15, 0.2) is 77.7 Å². The van der Waals surface area contributed by atoms with Crippen LogP contribution in [0.1, 0.15) is 16.8 Å². The Kier molecular flexibility index (Phi) is 7.59. The number of anilines is 1. The van der Waals surface area contributed by atoms with Crippen molar-refractivity contribution in [3.8, 4) is 5.69 Å². The summed E-state index contributed by atoms with van der Waals surface area (Å²) >= 11 is 5.86. The van der Waals surface area contributed by atoms with Crippen LogP contribution < -0.4 is 21.5 Å². The largest absolute Gasteiger partial charge is 0.348 e. The quantitative estimate of drug-likeness (QED) is 0.504. The number of halogens is 1. The Balaban J connectivity index is 1.63. The molecule has 1 heterocycles. The van der Waals surface area contributed by atoms with Crippen LogP contribution in [-0.4, -0.2) is 36.0 Å². The number of hydrogen-bond acceptors (Lipinski definition) is 4. The first-order valence-electron chi connectivity index (χ1n) is 9.75. The summed E-state index contributed by atoms with van der Waals surface area (Å²) < 4.78 is 1.49. The molecule has 2 aromatic carbocycles. The molecule has 0 saturated carbocycles. The Morgan fingerprint density at radius 1 is 1.00 bits per heavy atom. The molecular weight excluding hydrogens is 416 g/mol. The van der Waals surface area contributed by atoms with E-state index in [1.807, 2.05) is 0 Å². The fourth-order valence-corrected chi connectivity index (χ4v) is 3.20. The first-order valence-corrected chi connectivity index (χ1v) is 10.1. The van der Waals surface area contributed by atoms with Gasteiger partial charge in [0.05, 0.1) is 6.04 Å². The van der Waals surface area contributed by atoms with Crippen molar-refractivity contribution in [2.75, 3.05) is 18.9 Å². The third-order valence-electron chi connectivity index (χ3n) is 4.58. The zero-order valence-corrected chi connectivity index (χ0v) is 17.7. The van der Waals surface area contributed by atoms with Gasteiger partial charge in [-0.25, -0.2) is 0 Å². The lowest BCUT2D eigenvalue weighted by atomic mass is 10.1. The molecule has 0 saturated heterocycles. The zero-order chi connectivity index (χ0) is 22.2. The van der Waals surface area contributed by atoms with Crippen LogP contribution >= 0.6 is 11.6 Å². The molecule has 7 nitrogen and oxygen atoms in total. The van der Waals surface area contributed by atoms with Gasteiger partial charge in [-0.05, 0) is 61.6 Å². The summed E-state index contributed by atoms with van der Waals surface area (Å²) in [5.41, 5.74) is 1.58. The number of nitrogens with zero attached hydrogens (tertiary/aromatic N) is 1. The van der Waals surface area contributed by atoms with Crippen LogP contribution in [0.4, 0.5) is 5.69 Å². The molecule has 3 rings (SSSR count). The molecule has 31 heavy (non-hydrogen) atoms. The Labute approximate surface area is 185 Å². The van der Waals surface area contributed by atoms with Gasteiger partial charge >= 0.3 is 0 Å². The number of likely N-dealkylation sites (N-methyl/N-ethyl adjacent to an activating group) is 1. The number of hydrogen-bond donors (Lipinski definition) is 3. The molecule has 1 atom stereocenters. The molecule has 1 unspecified atom stereocenters. The van der Waals surface area contributed by atoms with E-state index < -0.39 is 6.04 Å². The predicted octanol–water partition coefficient (Wildman–Crippen LogP) is 2.84. The predicted molar refractivity (Wildman–Crippen MR) is 122 cm³/mol. The van der Waals surface area contributed by atoms with Crippen LogP contribution in [0.5, 0.6) is 0 Å². The maximum atomic E-state index is 12.7. The molecular formula is C23H23ClN4O3. The first-order chi connectivity index (χ1) is 15.0. The molecule has 3 aromatic rings. The smallest absolute Gasteiger partial charge is 0.255 e. The number of carbonyl (C=O) groups is 2. The minimum absolute atomic E-state index is 0.104. The number of aromatic nitrogens is 1. The van der Waals surface area contributed by atoms with Gasteiger partial charge in [-0.15, -0.1) is 0 Å². The third kappa shape index (κ3) is 6.28. The molecule has 1 aromatic heterocycles. The lowest BCUT2D eigenvalue weighted by Crippen LogP contribution is -2.43. The molecule has 8 heteroatoms. The summed E-state index contributed by atoms with van der Waals surface area (Å²) in [5.74, 6) is -0.520. The molecule has 0 fully saturated rings. The highest BCUT2D eigenvalue weighted by Crippen LogP contribution is 2.14. The maximum Gasteiger partial charge on any atom is 0.255 e. The average Bonchev–Trinajstić information content (AvgIpc) is 2.76. The van der Waals surface area contributed by atoms with E-state index in [9.17, 15) is 14.4 Å². The highest BCUT2D eigenvalue weighted by Gasteiger charge is 2.17. The molecule has 0 aliphatic rings. The van der Waals surface area contributed by atoms with Crippen molar-refractivity contribution in [1.82, 2.24) is 15.2 Å². The molecule has 0 bridgehead atoms. The molecule has 3 N–H and O–H groups in total. The highest BCUT2D eigenvalue weighted by molar-refractivity contribution is 6.30. The van der Waals surface area contributed by atoms with Gasteiger partial charge in [-0.2, -0.15) is 0 Å². The first kappa shape index (κ1) is 22.3. The second-order valence-electron chi connectivity index (χ2n) is 6.94. The summed E-state index contributed by atoms with van der Waals surface area (Å²) in [7, 11) is 1.75. The van der Waals surface area contributed by atoms with Crippen LogP contribution in [0.3, 0.4) is 0 Å². The highest BCUT2D eigenvalue weighted by atomic mass is 35.5. The van der Waals surface area contributed by atoms with E-state index in [2.05, 4.69) is 16.0 Å². The van der Waals surface area contributed by atoms with Gasteiger partial charge in [0.1, 0.15) is 0 Å². The number of carbonyl (C=O) groups excluding carboxylic acids is 2. The Hall–Kier alpha value is -3.42. The van der Waals surface area contributed by atoms with Crippen molar-refractivity contribution >= 4 is 29.1 Å². The van der Waals surface area contributed by atoms with Crippen LogP contribution in [-0.2, 0) is 4.79 Å². The maximum absolute atomic E-state index is 12.7. The average molecular weight is 439 g/mol. The lowest BCUT2D eigenvalue weighted by molar-refractivity contribution is -0.116. The van der Waals surface area contributed by atoms with Crippen LogP contribution in [0, 0.1) is 0 Å². The number of benzene rings is 2. The molecule has 0 radical (unpaired) electrons. The van der Waals surface area contributed by atoms with E-state index >= 15 is 0 Å². The van der Waals surface area contributed by atoms with Crippen molar-refractivity contribution in [3.05, 3.63) is 93.9 Å². The van der Waals surface area contributed by atoms with E-state index in [0.29, 0.717) is 28.5 Å². The third-order valence-corrected chi connectivity index (χ3v) is 4.83. The Morgan fingerprint density at radius 3 is 2.35 bits per heavy atom. The minimum atomic E-state index is -0.402. The van der Waals surface area contributed by atoms with Gasteiger partial charge in [-0.1, -0.05) is 17.7 Å². The second-order valence-corrected chi connectivity index (χ2v) is 7.38. The van der Waals surface area contributed by atoms with Gasteiger partial charge < -0.3 is 16.0 Å². The van der Waals surface area contributed by atoms with Crippen molar-refractivity contribution in [3.63, 3.8) is 0 Å². The van der Waals surface area contributed by atoms with E-state index in [1.165, 1.54) is 10.6 Å². The van der Waals surface area contributed by atoms with Gasteiger partial charge in [-0.3, -0.25) is 19.0 Å². The summed E-state index contributed by atoms with van der Waals surface area (Å²) in [6, 6.07) is 18.0. The number of rotatable bonds is 8. The summed E-state index contributed by atoms with van der Waals surface area (Å²) in [6.45, 7) is 0.428. The molecule has 0 aliphatic carbocycles. The fourth-order valence-electron chi connectivity index (χ4n) is 3.07. The fraction of sp³-hybridized carbons (Fsp3) is 0.174. The van der Waals surface area contributed by atoms with Gasteiger partial charge in [0, 0.05) is 47.2 Å². The van der Waals surface area contributed by atoms with Gasteiger partial charge in [0.2, 0.25) is 5.91 Å². The normalized spacial score (nSPS) is 11.5. The number of amides is 2.